The Morgan fingerprint density at radius 1 is 1.38 bits per heavy atom. The van der Waals surface area contributed by atoms with Crippen molar-refractivity contribution in [1.82, 2.24) is 10.2 Å². The summed E-state index contributed by atoms with van der Waals surface area (Å²) in [4.78, 5) is 2.69. The number of rotatable bonds is 3. The van der Waals surface area contributed by atoms with E-state index in [1.54, 1.807) is 0 Å². The minimum atomic E-state index is 0.578. The molecule has 16 heavy (non-hydrogen) atoms. The zero-order valence-electron chi connectivity index (χ0n) is 10.6. The second kappa shape index (κ2) is 5.99. The molecule has 1 aliphatic carbocycles. The van der Waals surface area contributed by atoms with Crippen LogP contribution in [0.2, 0.25) is 0 Å². The molecule has 1 saturated heterocycles. The number of nitrogens with two attached hydrogens (primary N) is 1. The first kappa shape index (κ1) is 12.3. The summed E-state index contributed by atoms with van der Waals surface area (Å²) in [6, 6.07) is 1.39. The molecular weight excluding hydrogens is 198 g/mol. The summed E-state index contributed by atoms with van der Waals surface area (Å²) >= 11 is 0. The first-order valence-corrected chi connectivity index (χ1v) is 7.01. The van der Waals surface area contributed by atoms with Crippen molar-refractivity contribution in [2.75, 3.05) is 26.2 Å². The lowest BCUT2D eigenvalue weighted by molar-refractivity contribution is 0.0697. The Hall–Kier alpha value is -0.120. The zero-order valence-corrected chi connectivity index (χ0v) is 10.6. The topological polar surface area (TPSA) is 41.3 Å². The second-order valence-electron chi connectivity index (χ2n) is 5.43. The molecule has 2 fully saturated rings. The van der Waals surface area contributed by atoms with Crippen molar-refractivity contribution in [3.05, 3.63) is 0 Å². The number of hydrogen-bond donors (Lipinski definition) is 2. The fraction of sp³-hybridized carbons (Fsp3) is 1.00. The van der Waals surface area contributed by atoms with E-state index >= 15 is 0 Å². The lowest BCUT2D eigenvalue weighted by atomic mass is 9.83. The van der Waals surface area contributed by atoms with E-state index in [4.69, 9.17) is 5.73 Å². The van der Waals surface area contributed by atoms with Gasteiger partial charge in [-0.25, -0.2) is 0 Å². The summed E-state index contributed by atoms with van der Waals surface area (Å²) in [6.45, 7) is 6.57. The van der Waals surface area contributed by atoms with Gasteiger partial charge in [-0.05, 0) is 18.8 Å². The van der Waals surface area contributed by atoms with Gasteiger partial charge >= 0.3 is 0 Å². The highest BCUT2D eigenvalue weighted by Crippen LogP contribution is 2.30. The van der Waals surface area contributed by atoms with Gasteiger partial charge in [0.2, 0.25) is 0 Å². The number of nitrogens with one attached hydrogen (secondary N) is 1. The monoisotopic (exact) mass is 225 g/mol. The van der Waals surface area contributed by atoms with Crippen LogP contribution in [0.5, 0.6) is 0 Å². The average molecular weight is 225 g/mol. The predicted molar refractivity (Wildman–Crippen MR) is 68.5 cm³/mol. The number of piperazine rings is 1. The van der Waals surface area contributed by atoms with Gasteiger partial charge in [0.05, 0.1) is 0 Å². The fourth-order valence-corrected chi connectivity index (χ4v) is 3.41. The predicted octanol–water partition coefficient (Wildman–Crippen LogP) is 1.19. The minimum absolute atomic E-state index is 0.578. The van der Waals surface area contributed by atoms with Gasteiger partial charge in [0.25, 0.3) is 0 Å². The van der Waals surface area contributed by atoms with E-state index in [1.165, 1.54) is 38.6 Å². The Kier molecular flexibility index (Phi) is 4.62. The van der Waals surface area contributed by atoms with Gasteiger partial charge in [-0.1, -0.05) is 26.2 Å². The van der Waals surface area contributed by atoms with E-state index in [2.05, 4.69) is 17.1 Å². The van der Waals surface area contributed by atoms with Crippen molar-refractivity contribution in [3.8, 4) is 0 Å². The van der Waals surface area contributed by atoms with Gasteiger partial charge < -0.3 is 11.1 Å². The second-order valence-corrected chi connectivity index (χ2v) is 5.43. The summed E-state index contributed by atoms with van der Waals surface area (Å²) in [6.07, 6.45) is 7.03. The molecule has 1 aliphatic heterocycles. The maximum absolute atomic E-state index is 5.89. The highest BCUT2D eigenvalue weighted by molar-refractivity contribution is 4.88. The molecule has 0 bridgehead atoms. The quantitative estimate of drug-likeness (QED) is 0.758. The molecule has 0 amide bonds. The van der Waals surface area contributed by atoms with E-state index in [9.17, 15) is 0 Å². The summed E-state index contributed by atoms with van der Waals surface area (Å²) < 4.78 is 0. The van der Waals surface area contributed by atoms with Crippen LogP contribution < -0.4 is 11.1 Å². The molecule has 94 valence electrons. The molecule has 0 aromatic carbocycles. The van der Waals surface area contributed by atoms with Gasteiger partial charge in [0, 0.05) is 38.3 Å². The summed E-state index contributed by atoms with van der Waals surface area (Å²) in [5.74, 6) is 0.965. The lowest BCUT2D eigenvalue weighted by Gasteiger charge is -2.44. The van der Waals surface area contributed by atoms with Crippen LogP contribution >= 0.6 is 0 Å². The normalized spacial score (nSPS) is 37.5. The van der Waals surface area contributed by atoms with Crippen LogP contribution in [0.25, 0.3) is 0 Å². The van der Waals surface area contributed by atoms with Crippen molar-refractivity contribution in [1.29, 1.82) is 0 Å². The van der Waals surface area contributed by atoms with Crippen LogP contribution in [-0.2, 0) is 0 Å². The third-order valence-corrected chi connectivity index (χ3v) is 4.47. The van der Waals surface area contributed by atoms with Gasteiger partial charge in [-0.15, -0.1) is 0 Å². The first-order valence-electron chi connectivity index (χ1n) is 7.01. The molecule has 1 saturated carbocycles. The molecule has 2 rings (SSSR count). The smallest absolute Gasteiger partial charge is 0.0346 e. The standard InChI is InChI=1S/C13H27N3/c1-2-11-4-3-5-12(8-11)16-7-6-15-10-13(16)9-14/h11-13,15H,2-10,14H2,1H3. The van der Waals surface area contributed by atoms with Crippen LogP contribution in [-0.4, -0.2) is 43.2 Å². The van der Waals surface area contributed by atoms with E-state index in [0.29, 0.717) is 6.04 Å². The van der Waals surface area contributed by atoms with Crippen molar-refractivity contribution in [3.63, 3.8) is 0 Å². The van der Waals surface area contributed by atoms with Crippen molar-refractivity contribution in [2.24, 2.45) is 11.7 Å². The van der Waals surface area contributed by atoms with Gasteiger partial charge in [-0.3, -0.25) is 4.90 Å². The van der Waals surface area contributed by atoms with Crippen molar-refractivity contribution >= 4 is 0 Å². The Labute approximate surface area is 99.8 Å². The number of nitrogens with zero attached hydrogens (tertiary/aromatic N) is 1. The summed E-state index contributed by atoms with van der Waals surface area (Å²) in [7, 11) is 0. The van der Waals surface area contributed by atoms with Crippen LogP contribution in [0.1, 0.15) is 39.0 Å². The Morgan fingerprint density at radius 2 is 2.25 bits per heavy atom. The molecule has 3 heteroatoms. The van der Waals surface area contributed by atoms with Crippen LogP contribution in [0.15, 0.2) is 0 Å². The largest absolute Gasteiger partial charge is 0.329 e. The Morgan fingerprint density at radius 3 is 3.00 bits per heavy atom. The van der Waals surface area contributed by atoms with Crippen molar-refractivity contribution < 1.29 is 0 Å². The molecule has 3 nitrogen and oxygen atoms in total. The van der Waals surface area contributed by atoms with Gasteiger partial charge in [0.15, 0.2) is 0 Å². The van der Waals surface area contributed by atoms with Crippen LogP contribution in [0.3, 0.4) is 0 Å². The molecule has 1 heterocycles. The molecule has 0 spiro atoms. The van der Waals surface area contributed by atoms with Crippen molar-refractivity contribution in [2.45, 2.75) is 51.1 Å². The number of hydrogen-bond acceptors (Lipinski definition) is 3. The van der Waals surface area contributed by atoms with Crippen LogP contribution in [0, 0.1) is 5.92 Å². The first-order chi connectivity index (χ1) is 7.85. The summed E-state index contributed by atoms with van der Waals surface area (Å²) in [5.41, 5.74) is 5.89. The van der Waals surface area contributed by atoms with Crippen LogP contribution in [0.4, 0.5) is 0 Å². The van der Waals surface area contributed by atoms with E-state index in [-0.39, 0.29) is 0 Å². The summed E-state index contributed by atoms with van der Waals surface area (Å²) in [5, 5.41) is 3.46. The van der Waals surface area contributed by atoms with E-state index < -0.39 is 0 Å². The lowest BCUT2D eigenvalue weighted by Crippen LogP contribution is -2.58. The SMILES string of the molecule is CCC1CCCC(N2CCNCC2CN)C1. The van der Waals surface area contributed by atoms with Gasteiger partial charge in [0.1, 0.15) is 0 Å². The Balaban J connectivity index is 1.93. The zero-order chi connectivity index (χ0) is 11.4. The average Bonchev–Trinajstić information content (AvgIpc) is 2.38. The molecule has 3 N–H and O–H groups in total. The molecular formula is C13H27N3. The molecule has 2 aliphatic rings. The highest BCUT2D eigenvalue weighted by atomic mass is 15.2. The Bertz CT molecular complexity index is 207. The third kappa shape index (κ3) is 2.76. The van der Waals surface area contributed by atoms with Gasteiger partial charge in [-0.2, -0.15) is 0 Å². The molecule has 0 aromatic rings. The maximum Gasteiger partial charge on any atom is 0.0346 e. The minimum Gasteiger partial charge on any atom is -0.329 e. The third-order valence-electron chi connectivity index (χ3n) is 4.47. The highest BCUT2D eigenvalue weighted by Gasteiger charge is 2.31. The van der Waals surface area contributed by atoms with E-state index in [0.717, 1.165) is 31.6 Å². The van der Waals surface area contributed by atoms with E-state index in [1.807, 2.05) is 0 Å². The molecule has 0 radical (unpaired) electrons. The molecule has 3 atom stereocenters. The fourth-order valence-electron chi connectivity index (χ4n) is 3.41. The maximum atomic E-state index is 5.89. The molecule has 0 aromatic heterocycles. The molecule has 3 unspecified atom stereocenters.